The van der Waals surface area contributed by atoms with Crippen LogP contribution in [0.2, 0.25) is 0 Å². The summed E-state index contributed by atoms with van der Waals surface area (Å²) in [7, 11) is 0. The molecular formula is C16H24N2O2S. The molecule has 0 radical (unpaired) electrons. The minimum Gasteiger partial charge on any atom is -0.350 e. The van der Waals surface area contributed by atoms with Crippen LogP contribution in [0, 0.1) is 13.8 Å². The number of carbonyl (C=O) groups is 2. The van der Waals surface area contributed by atoms with Crippen molar-refractivity contribution in [3.63, 3.8) is 0 Å². The first-order valence-corrected chi connectivity index (χ1v) is 7.94. The number of nitrogens with one attached hydrogen (secondary N) is 2. The highest BCUT2D eigenvalue weighted by Gasteiger charge is 2.14. The fraction of sp³-hybridized carbons (Fsp3) is 0.500. The second kappa shape index (κ2) is 7.50. The summed E-state index contributed by atoms with van der Waals surface area (Å²) in [4.78, 5) is 24.5. The van der Waals surface area contributed by atoms with E-state index in [1.165, 1.54) is 17.3 Å². The van der Waals surface area contributed by atoms with Crippen LogP contribution in [0.1, 0.15) is 31.9 Å². The van der Waals surface area contributed by atoms with Crippen LogP contribution in [0.25, 0.3) is 0 Å². The quantitative estimate of drug-likeness (QED) is 0.821. The minimum absolute atomic E-state index is 0.0173. The molecule has 0 aromatic heterocycles. The van der Waals surface area contributed by atoms with E-state index in [1.807, 2.05) is 40.7 Å². The van der Waals surface area contributed by atoms with E-state index >= 15 is 0 Å². The molecule has 0 saturated heterocycles. The molecule has 1 rings (SSSR count). The molecule has 21 heavy (non-hydrogen) atoms. The topological polar surface area (TPSA) is 58.2 Å². The summed E-state index contributed by atoms with van der Waals surface area (Å²) in [6.45, 7) is 9.79. The number of amides is 2. The maximum atomic E-state index is 11.8. The summed E-state index contributed by atoms with van der Waals surface area (Å²) in [5, 5.41) is 5.44. The van der Waals surface area contributed by atoms with Gasteiger partial charge in [0, 0.05) is 10.4 Å². The van der Waals surface area contributed by atoms with Gasteiger partial charge in [-0.25, -0.2) is 0 Å². The van der Waals surface area contributed by atoms with Gasteiger partial charge >= 0.3 is 0 Å². The Morgan fingerprint density at radius 1 is 1.14 bits per heavy atom. The third kappa shape index (κ3) is 7.18. The minimum atomic E-state index is -0.283. The summed E-state index contributed by atoms with van der Waals surface area (Å²) >= 11 is 1.49. The third-order valence-electron chi connectivity index (χ3n) is 2.66. The van der Waals surface area contributed by atoms with Gasteiger partial charge in [-0.05, 0) is 46.2 Å². The normalized spacial score (nSPS) is 11.1. The SMILES string of the molecule is Cc1ccc(C)c(SCC(=O)NCC(=O)NC(C)(C)C)c1. The summed E-state index contributed by atoms with van der Waals surface area (Å²) in [6, 6.07) is 6.17. The molecule has 0 saturated carbocycles. The largest absolute Gasteiger partial charge is 0.350 e. The van der Waals surface area contributed by atoms with E-state index in [2.05, 4.69) is 22.8 Å². The zero-order chi connectivity index (χ0) is 16.0. The van der Waals surface area contributed by atoms with Gasteiger partial charge in [0.05, 0.1) is 12.3 Å². The number of carbonyl (C=O) groups excluding carboxylic acids is 2. The van der Waals surface area contributed by atoms with E-state index < -0.39 is 0 Å². The molecule has 0 bridgehead atoms. The molecule has 1 aromatic rings. The lowest BCUT2D eigenvalue weighted by Gasteiger charge is -2.20. The predicted octanol–water partition coefficient (Wildman–Crippen LogP) is 2.43. The lowest BCUT2D eigenvalue weighted by Crippen LogP contribution is -2.46. The Bertz CT molecular complexity index is 521. The molecule has 0 unspecified atom stereocenters. The Balaban J connectivity index is 2.38. The van der Waals surface area contributed by atoms with E-state index in [1.54, 1.807) is 0 Å². The van der Waals surface area contributed by atoms with Crippen LogP contribution < -0.4 is 10.6 Å². The molecular weight excluding hydrogens is 284 g/mol. The average Bonchev–Trinajstić information content (AvgIpc) is 2.35. The molecule has 0 spiro atoms. The highest BCUT2D eigenvalue weighted by molar-refractivity contribution is 8.00. The smallest absolute Gasteiger partial charge is 0.239 e. The third-order valence-corrected chi connectivity index (χ3v) is 3.82. The van der Waals surface area contributed by atoms with E-state index in [0.29, 0.717) is 5.75 Å². The number of benzene rings is 1. The summed E-state index contributed by atoms with van der Waals surface area (Å²) < 4.78 is 0. The van der Waals surface area contributed by atoms with E-state index in [4.69, 9.17) is 0 Å². The van der Waals surface area contributed by atoms with E-state index in [-0.39, 0.29) is 23.9 Å². The summed E-state index contributed by atoms with van der Waals surface area (Å²) in [6.07, 6.45) is 0. The molecule has 2 amide bonds. The number of hydrogen-bond donors (Lipinski definition) is 2. The Morgan fingerprint density at radius 3 is 2.43 bits per heavy atom. The van der Waals surface area contributed by atoms with Crippen LogP contribution in [0.15, 0.2) is 23.1 Å². The highest BCUT2D eigenvalue weighted by Crippen LogP contribution is 2.23. The highest BCUT2D eigenvalue weighted by atomic mass is 32.2. The van der Waals surface area contributed by atoms with Crippen LogP contribution in [-0.4, -0.2) is 29.7 Å². The summed E-state index contributed by atoms with van der Waals surface area (Å²) in [5.74, 6) is 0.00477. The van der Waals surface area contributed by atoms with Crippen molar-refractivity contribution < 1.29 is 9.59 Å². The van der Waals surface area contributed by atoms with Gasteiger partial charge in [0.25, 0.3) is 0 Å². The van der Waals surface area contributed by atoms with Crippen molar-refractivity contribution in [2.75, 3.05) is 12.3 Å². The Morgan fingerprint density at radius 2 is 1.81 bits per heavy atom. The van der Waals surface area contributed by atoms with Crippen molar-refractivity contribution in [1.82, 2.24) is 10.6 Å². The van der Waals surface area contributed by atoms with Gasteiger partial charge in [0.1, 0.15) is 0 Å². The first kappa shape index (κ1) is 17.6. The van der Waals surface area contributed by atoms with Crippen molar-refractivity contribution in [1.29, 1.82) is 0 Å². The Labute approximate surface area is 131 Å². The van der Waals surface area contributed by atoms with Crippen molar-refractivity contribution >= 4 is 23.6 Å². The maximum Gasteiger partial charge on any atom is 0.239 e. The Kier molecular flexibility index (Phi) is 6.27. The van der Waals surface area contributed by atoms with Gasteiger partial charge < -0.3 is 10.6 Å². The van der Waals surface area contributed by atoms with E-state index in [9.17, 15) is 9.59 Å². The maximum absolute atomic E-state index is 11.8. The predicted molar refractivity (Wildman–Crippen MR) is 87.5 cm³/mol. The molecule has 5 heteroatoms. The first-order valence-electron chi connectivity index (χ1n) is 6.95. The monoisotopic (exact) mass is 308 g/mol. The van der Waals surface area contributed by atoms with Gasteiger partial charge in [-0.3, -0.25) is 9.59 Å². The van der Waals surface area contributed by atoms with Gasteiger partial charge in [-0.2, -0.15) is 0 Å². The lowest BCUT2D eigenvalue weighted by molar-refractivity contribution is -0.125. The van der Waals surface area contributed by atoms with Crippen LogP contribution in [-0.2, 0) is 9.59 Å². The number of rotatable bonds is 5. The number of hydrogen-bond acceptors (Lipinski definition) is 3. The first-order chi connectivity index (χ1) is 9.67. The second-order valence-corrected chi connectivity index (χ2v) is 7.15. The van der Waals surface area contributed by atoms with E-state index in [0.717, 1.165) is 10.5 Å². The molecule has 1 aromatic carbocycles. The van der Waals surface area contributed by atoms with Crippen LogP contribution in [0.4, 0.5) is 0 Å². The number of thioether (sulfide) groups is 1. The van der Waals surface area contributed by atoms with Gasteiger partial charge in [0.2, 0.25) is 11.8 Å². The molecule has 116 valence electrons. The zero-order valence-electron chi connectivity index (χ0n) is 13.4. The van der Waals surface area contributed by atoms with Gasteiger partial charge in [-0.1, -0.05) is 17.7 Å². The van der Waals surface area contributed by atoms with Gasteiger partial charge in [0.15, 0.2) is 0 Å². The van der Waals surface area contributed by atoms with Crippen LogP contribution in [0.5, 0.6) is 0 Å². The standard InChI is InChI=1S/C16H24N2O2S/c1-11-6-7-12(2)13(8-11)21-10-15(20)17-9-14(19)18-16(3,4)5/h6-8H,9-10H2,1-5H3,(H,17,20)(H,18,19). The lowest BCUT2D eigenvalue weighted by atomic mass is 10.1. The average molecular weight is 308 g/mol. The summed E-state index contributed by atoms with van der Waals surface area (Å²) in [5.41, 5.74) is 2.05. The second-order valence-electron chi connectivity index (χ2n) is 6.13. The number of aryl methyl sites for hydroxylation is 2. The fourth-order valence-electron chi connectivity index (χ4n) is 1.70. The van der Waals surface area contributed by atoms with Crippen LogP contribution in [0.3, 0.4) is 0 Å². The van der Waals surface area contributed by atoms with Crippen molar-refractivity contribution in [3.05, 3.63) is 29.3 Å². The Hall–Kier alpha value is -1.49. The molecule has 0 aliphatic rings. The van der Waals surface area contributed by atoms with Crippen molar-refractivity contribution in [2.45, 2.75) is 45.1 Å². The molecule has 4 nitrogen and oxygen atoms in total. The van der Waals surface area contributed by atoms with Crippen LogP contribution >= 0.6 is 11.8 Å². The van der Waals surface area contributed by atoms with Gasteiger partial charge in [-0.15, -0.1) is 11.8 Å². The zero-order valence-corrected chi connectivity index (χ0v) is 14.2. The molecule has 0 aliphatic carbocycles. The molecule has 0 atom stereocenters. The fourth-order valence-corrected chi connectivity index (χ4v) is 2.65. The molecule has 2 N–H and O–H groups in total. The van der Waals surface area contributed by atoms with Crippen molar-refractivity contribution in [3.8, 4) is 0 Å². The molecule has 0 fully saturated rings. The molecule has 0 aliphatic heterocycles. The van der Waals surface area contributed by atoms with Crippen molar-refractivity contribution in [2.24, 2.45) is 0 Å². The molecule has 0 heterocycles.